The maximum atomic E-state index is 13.2. The summed E-state index contributed by atoms with van der Waals surface area (Å²) in [6, 6.07) is 18.3. The Morgan fingerprint density at radius 2 is 1.56 bits per heavy atom. The monoisotopic (exact) mass is 382 g/mol. The van der Waals surface area contributed by atoms with Crippen molar-refractivity contribution >= 4 is 22.0 Å². The van der Waals surface area contributed by atoms with Crippen LogP contribution in [-0.4, -0.2) is 18.8 Å². The van der Waals surface area contributed by atoms with Crippen molar-refractivity contribution in [1.29, 1.82) is 0 Å². The van der Waals surface area contributed by atoms with Crippen molar-refractivity contribution in [3.63, 3.8) is 0 Å². The molecule has 0 heterocycles. The van der Waals surface area contributed by atoms with E-state index in [1.807, 2.05) is 0 Å². The lowest BCUT2D eigenvalue weighted by molar-refractivity contribution is 0.104. The fourth-order valence-electron chi connectivity index (χ4n) is 2.69. The van der Waals surface area contributed by atoms with E-state index < -0.39 is 15.9 Å². The van der Waals surface area contributed by atoms with Crippen LogP contribution in [0.2, 0.25) is 0 Å². The lowest BCUT2D eigenvalue weighted by Crippen LogP contribution is -2.04. The van der Waals surface area contributed by atoms with Gasteiger partial charge in [0.05, 0.1) is 0 Å². The van der Waals surface area contributed by atoms with E-state index in [9.17, 15) is 22.2 Å². The molecule has 0 unspecified atom stereocenters. The molecule has 0 spiro atoms. The van der Waals surface area contributed by atoms with Gasteiger partial charge < -0.3 is 0 Å². The number of allylic oxidation sites excluding steroid dienone is 1. The average Bonchev–Trinajstić information content (AvgIpc) is 2.66. The van der Waals surface area contributed by atoms with Crippen molar-refractivity contribution in [2.75, 3.05) is 0 Å². The van der Waals surface area contributed by atoms with Crippen LogP contribution in [0.5, 0.6) is 0 Å². The molecule has 1 N–H and O–H groups in total. The molecule has 0 amide bonds. The van der Waals surface area contributed by atoms with Crippen LogP contribution < -0.4 is 0 Å². The number of hydrogen-bond donors (Lipinski definition) is 1. The summed E-state index contributed by atoms with van der Waals surface area (Å²) in [6.45, 7) is 0. The van der Waals surface area contributed by atoms with Crippen LogP contribution in [0, 0.1) is 5.82 Å². The SMILES string of the molecule is O=C(/C=C/c1cccc(-c2ccc(F)cc2)c1S(=O)(=O)O)c1ccccc1. The van der Waals surface area contributed by atoms with Gasteiger partial charge in [0.25, 0.3) is 10.1 Å². The number of hydrogen-bond acceptors (Lipinski definition) is 3. The second-order valence-electron chi connectivity index (χ2n) is 5.77. The van der Waals surface area contributed by atoms with Crippen molar-refractivity contribution in [3.05, 3.63) is 95.8 Å². The minimum atomic E-state index is -4.59. The molecule has 0 bridgehead atoms. The smallest absolute Gasteiger partial charge is 0.289 e. The molecule has 4 nitrogen and oxygen atoms in total. The number of rotatable bonds is 5. The highest BCUT2D eigenvalue weighted by molar-refractivity contribution is 7.86. The number of benzene rings is 3. The van der Waals surface area contributed by atoms with Crippen LogP contribution in [-0.2, 0) is 10.1 Å². The van der Waals surface area contributed by atoms with Gasteiger partial charge in [0.2, 0.25) is 0 Å². The van der Waals surface area contributed by atoms with Crippen molar-refractivity contribution in [3.8, 4) is 11.1 Å². The topological polar surface area (TPSA) is 71.4 Å². The molecule has 27 heavy (non-hydrogen) atoms. The van der Waals surface area contributed by atoms with Crippen LogP contribution in [0.3, 0.4) is 0 Å². The average molecular weight is 382 g/mol. The molecule has 0 saturated carbocycles. The molecule has 0 saturated heterocycles. The standard InChI is InChI=1S/C21H15FO4S/c22-18-12-9-15(10-13-18)19-8-4-7-17(21(19)27(24,25)26)11-14-20(23)16-5-2-1-3-6-16/h1-14H,(H,24,25,26)/b14-11+. The third kappa shape index (κ3) is 4.36. The first kappa shape index (κ1) is 18.7. The van der Waals surface area contributed by atoms with Gasteiger partial charge in [-0.05, 0) is 35.4 Å². The molecule has 6 heteroatoms. The summed E-state index contributed by atoms with van der Waals surface area (Å²) in [4.78, 5) is 11.9. The maximum absolute atomic E-state index is 13.2. The normalized spacial score (nSPS) is 11.6. The van der Waals surface area contributed by atoms with Gasteiger partial charge >= 0.3 is 0 Å². The second kappa shape index (κ2) is 7.65. The number of carbonyl (C=O) groups is 1. The van der Waals surface area contributed by atoms with Crippen LogP contribution in [0.4, 0.5) is 4.39 Å². The number of carbonyl (C=O) groups excluding carboxylic acids is 1. The zero-order valence-electron chi connectivity index (χ0n) is 14.0. The first-order chi connectivity index (χ1) is 12.9. The molecule has 0 aliphatic rings. The van der Waals surface area contributed by atoms with E-state index in [2.05, 4.69) is 0 Å². The summed E-state index contributed by atoms with van der Waals surface area (Å²) >= 11 is 0. The van der Waals surface area contributed by atoms with E-state index in [0.717, 1.165) is 0 Å². The first-order valence-corrected chi connectivity index (χ1v) is 9.44. The van der Waals surface area contributed by atoms with E-state index >= 15 is 0 Å². The third-order valence-electron chi connectivity index (χ3n) is 3.93. The molecule has 3 aromatic carbocycles. The lowest BCUT2D eigenvalue weighted by atomic mass is 10.0. The van der Waals surface area contributed by atoms with Gasteiger partial charge in [0.15, 0.2) is 5.78 Å². The van der Waals surface area contributed by atoms with Crippen molar-refractivity contribution in [2.24, 2.45) is 0 Å². The Bertz CT molecular complexity index is 1100. The third-order valence-corrected chi connectivity index (χ3v) is 4.90. The van der Waals surface area contributed by atoms with E-state index in [4.69, 9.17) is 0 Å². The fraction of sp³-hybridized carbons (Fsp3) is 0. The Morgan fingerprint density at radius 3 is 2.19 bits per heavy atom. The Kier molecular flexibility index (Phi) is 5.30. The zero-order valence-corrected chi connectivity index (χ0v) is 14.9. The summed E-state index contributed by atoms with van der Waals surface area (Å²) in [5.74, 6) is -0.763. The molecule has 3 aromatic rings. The number of halogens is 1. The highest BCUT2D eigenvalue weighted by Gasteiger charge is 2.20. The Hall–Kier alpha value is -3.09. The molecule has 136 valence electrons. The Labute approximate surface area is 156 Å². The predicted octanol–water partition coefficient (Wildman–Crippen LogP) is 4.64. The molecule has 0 aliphatic heterocycles. The van der Waals surface area contributed by atoms with Crippen molar-refractivity contribution in [2.45, 2.75) is 4.90 Å². The van der Waals surface area contributed by atoms with Crippen LogP contribution in [0.15, 0.2) is 83.8 Å². The van der Waals surface area contributed by atoms with Crippen LogP contribution >= 0.6 is 0 Å². The van der Waals surface area contributed by atoms with Gasteiger partial charge in [-0.1, -0.05) is 60.7 Å². The van der Waals surface area contributed by atoms with E-state index in [0.29, 0.717) is 11.1 Å². The van der Waals surface area contributed by atoms with E-state index in [-0.39, 0.29) is 21.8 Å². The molecule has 0 atom stereocenters. The summed E-state index contributed by atoms with van der Waals surface area (Å²) in [7, 11) is -4.59. The second-order valence-corrected chi connectivity index (χ2v) is 7.13. The van der Waals surface area contributed by atoms with E-state index in [1.165, 1.54) is 48.6 Å². The van der Waals surface area contributed by atoms with Crippen LogP contribution in [0.25, 0.3) is 17.2 Å². The van der Waals surface area contributed by atoms with Crippen molar-refractivity contribution < 1.29 is 22.2 Å². The summed E-state index contributed by atoms with van der Waals surface area (Å²) in [6.07, 6.45) is 2.58. The van der Waals surface area contributed by atoms with Gasteiger partial charge in [-0.2, -0.15) is 8.42 Å². The number of ketones is 1. The maximum Gasteiger partial charge on any atom is 0.295 e. The Morgan fingerprint density at radius 1 is 0.889 bits per heavy atom. The molecular formula is C21H15FO4S. The predicted molar refractivity (Wildman–Crippen MR) is 101 cm³/mol. The summed E-state index contributed by atoms with van der Waals surface area (Å²) in [5.41, 5.74) is 1.25. The quantitative estimate of drug-likeness (QED) is 0.397. The highest BCUT2D eigenvalue weighted by Crippen LogP contribution is 2.31. The van der Waals surface area contributed by atoms with Crippen molar-refractivity contribution in [1.82, 2.24) is 0 Å². The first-order valence-electron chi connectivity index (χ1n) is 8.00. The highest BCUT2D eigenvalue weighted by atomic mass is 32.2. The molecule has 0 fully saturated rings. The van der Waals surface area contributed by atoms with Gasteiger partial charge in [-0.15, -0.1) is 0 Å². The minimum absolute atomic E-state index is 0.156. The van der Waals surface area contributed by atoms with Gasteiger partial charge in [-0.3, -0.25) is 9.35 Å². The molecular weight excluding hydrogens is 367 g/mol. The largest absolute Gasteiger partial charge is 0.295 e. The summed E-state index contributed by atoms with van der Waals surface area (Å²) in [5, 5.41) is 0. The van der Waals surface area contributed by atoms with Gasteiger partial charge in [-0.25, -0.2) is 4.39 Å². The van der Waals surface area contributed by atoms with Gasteiger partial charge in [0.1, 0.15) is 10.7 Å². The summed E-state index contributed by atoms with van der Waals surface area (Å²) < 4.78 is 46.9. The Balaban J connectivity index is 2.08. The molecule has 0 radical (unpaired) electrons. The molecule has 0 aromatic heterocycles. The van der Waals surface area contributed by atoms with Crippen LogP contribution in [0.1, 0.15) is 15.9 Å². The fourth-order valence-corrected chi connectivity index (χ4v) is 3.59. The van der Waals surface area contributed by atoms with E-state index in [1.54, 1.807) is 36.4 Å². The molecule has 3 rings (SSSR count). The minimum Gasteiger partial charge on any atom is -0.289 e. The molecule has 0 aliphatic carbocycles. The lowest BCUT2D eigenvalue weighted by Gasteiger charge is -2.10. The van der Waals surface area contributed by atoms with Gasteiger partial charge in [0, 0.05) is 11.1 Å². The zero-order chi connectivity index (χ0) is 19.4.